The molecule has 2 aliphatic heterocycles. The maximum absolute atomic E-state index is 12.5. The lowest BCUT2D eigenvalue weighted by Gasteiger charge is -2.32. The van der Waals surface area contributed by atoms with E-state index < -0.39 is 0 Å². The fourth-order valence-electron chi connectivity index (χ4n) is 2.92. The molecule has 0 spiro atoms. The molecule has 2 aliphatic rings. The third kappa shape index (κ3) is 3.26. The number of carbonyl (C=O) groups excluding carboxylic acids is 2. The molecule has 2 saturated heterocycles. The number of hydrogen-bond donors (Lipinski definition) is 0. The average molecular weight is 268 g/mol. The smallest absolute Gasteiger partial charge is 0.242 e. The number of likely N-dealkylation sites (N-methyl/N-ethyl adjacent to an activating group) is 1. The van der Waals surface area contributed by atoms with Crippen LogP contribution >= 0.6 is 0 Å². The Labute approximate surface area is 114 Å². The van der Waals surface area contributed by atoms with Gasteiger partial charge < -0.3 is 14.5 Å². The predicted molar refractivity (Wildman–Crippen MR) is 71.6 cm³/mol. The van der Waals surface area contributed by atoms with Crippen LogP contribution in [0.15, 0.2) is 0 Å². The minimum absolute atomic E-state index is 0.0260. The molecule has 0 unspecified atom stereocenters. The minimum Gasteiger partial charge on any atom is -0.378 e. The molecule has 0 aromatic heterocycles. The highest BCUT2D eigenvalue weighted by Crippen LogP contribution is 2.23. The van der Waals surface area contributed by atoms with E-state index in [1.165, 1.54) is 0 Å². The van der Waals surface area contributed by atoms with Crippen molar-refractivity contribution in [1.82, 2.24) is 9.80 Å². The van der Waals surface area contributed by atoms with E-state index in [2.05, 4.69) is 0 Å². The second-order valence-electron chi connectivity index (χ2n) is 5.41. The Hall–Kier alpha value is -1.10. The van der Waals surface area contributed by atoms with Crippen molar-refractivity contribution in [3.05, 3.63) is 0 Å². The van der Waals surface area contributed by atoms with Crippen molar-refractivity contribution in [2.75, 3.05) is 32.8 Å². The lowest BCUT2D eigenvalue weighted by molar-refractivity contribution is -0.147. The first-order valence-electron chi connectivity index (χ1n) is 7.31. The molecule has 2 rings (SSSR count). The molecule has 5 heteroatoms. The molecule has 0 radical (unpaired) electrons. The molecule has 2 fully saturated rings. The summed E-state index contributed by atoms with van der Waals surface area (Å²) in [6.45, 7) is 7.08. The highest BCUT2D eigenvalue weighted by Gasteiger charge is 2.34. The van der Waals surface area contributed by atoms with Gasteiger partial charge in [-0.1, -0.05) is 0 Å². The zero-order valence-electron chi connectivity index (χ0n) is 11.9. The van der Waals surface area contributed by atoms with Crippen molar-refractivity contribution in [3.63, 3.8) is 0 Å². The number of rotatable bonds is 2. The second-order valence-corrected chi connectivity index (χ2v) is 5.41. The predicted octanol–water partition coefficient (Wildman–Crippen LogP) is 0.882. The topological polar surface area (TPSA) is 49.9 Å². The molecule has 0 saturated carbocycles. The Morgan fingerprint density at radius 3 is 2.84 bits per heavy atom. The Morgan fingerprint density at radius 1 is 1.37 bits per heavy atom. The number of nitrogens with zero attached hydrogens (tertiary/aromatic N) is 2. The van der Waals surface area contributed by atoms with Crippen molar-refractivity contribution < 1.29 is 14.3 Å². The molecular weight excluding hydrogens is 244 g/mol. The van der Waals surface area contributed by atoms with Crippen LogP contribution < -0.4 is 0 Å². The van der Waals surface area contributed by atoms with Crippen molar-refractivity contribution in [3.8, 4) is 0 Å². The fourth-order valence-corrected chi connectivity index (χ4v) is 2.92. The van der Waals surface area contributed by atoms with E-state index in [0.29, 0.717) is 6.54 Å². The molecule has 108 valence electrons. The highest BCUT2D eigenvalue weighted by molar-refractivity contribution is 5.86. The van der Waals surface area contributed by atoms with Crippen LogP contribution in [0.3, 0.4) is 0 Å². The summed E-state index contributed by atoms with van der Waals surface area (Å²) in [7, 11) is 0. The van der Waals surface area contributed by atoms with Crippen LogP contribution in [0.2, 0.25) is 0 Å². The van der Waals surface area contributed by atoms with Gasteiger partial charge in [0.2, 0.25) is 11.8 Å². The van der Waals surface area contributed by atoms with Gasteiger partial charge in [-0.3, -0.25) is 9.59 Å². The Balaban J connectivity index is 2.00. The fraction of sp³-hybridized carbons (Fsp3) is 0.857. The van der Waals surface area contributed by atoms with Crippen molar-refractivity contribution in [1.29, 1.82) is 0 Å². The summed E-state index contributed by atoms with van der Waals surface area (Å²) in [5, 5.41) is 0. The third-order valence-corrected chi connectivity index (χ3v) is 4.15. The molecule has 2 amide bonds. The maximum Gasteiger partial charge on any atom is 0.242 e. The molecular formula is C14H24N2O3. The molecule has 0 N–H and O–H groups in total. The second kappa shape index (κ2) is 6.37. The van der Waals surface area contributed by atoms with Gasteiger partial charge in [0.15, 0.2) is 0 Å². The van der Waals surface area contributed by atoms with Crippen molar-refractivity contribution in [2.24, 2.45) is 5.92 Å². The average Bonchev–Trinajstić information content (AvgIpc) is 2.60. The summed E-state index contributed by atoms with van der Waals surface area (Å²) < 4.78 is 5.56. The van der Waals surface area contributed by atoms with Gasteiger partial charge in [0.05, 0.1) is 18.6 Å². The SMILES string of the molecule is CCN1CCCN(C(=O)[C@H]2CCCO[C@@H]2C)CC1=O. The molecule has 0 aromatic carbocycles. The lowest BCUT2D eigenvalue weighted by atomic mass is 9.94. The first kappa shape index (κ1) is 14.3. The van der Waals surface area contributed by atoms with Gasteiger partial charge in [0.25, 0.3) is 0 Å². The largest absolute Gasteiger partial charge is 0.378 e. The van der Waals surface area contributed by atoms with E-state index in [1.807, 2.05) is 18.7 Å². The standard InChI is InChI=1S/C14H24N2O3/c1-3-15-7-5-8-16(10-13(15)17)14(18)12-6-4-9-19-11(12)2/h11-12H,3-10H2,1-2H3/t11-,12+/m1/s1. The molecule has 0 aromatic rings. The van der Waals surface area contributed by atoms with Crippen LogP contribution in [0.1, 0.15) is 33.1 Å². The van der Waals surface area contributed by atoms with Gasteiger partial charge >= 0.3 is 0 Å². The molecule has 2 atom stereocenters. The normalized spacial score (nSPS) is 29.3. The van der Waals surface area contributed by atoms with E-state index in [4.69, 9.17) is 4.74 Å². The van der Waals surface area contributed by atoms with Crippen molar-refractivity contribution >= 4 is 11.8 Å². The van der Waals surface area contributed by atoms with E-state index >= 15 is 0 Å². The number of ether oxygens (including phenoxy) is 1. The molecule has 5 nitrogen and oxygen atoms in total. The monoisotopic (exact) mass is 268 g/mol. The van der Waals surface area contributed by atoms with Gasteiger partial charge in [0.1, 0.15) is 0 Å². The van der Waals surface area contributed by atoms with Crippen LogP contribution in [0, 0.1) is 5.92 Å². The Kier molecular flexibility index (Phi) is 4.80. The van der Waals surface area contributed by atoms with Crippen LogP contribution in [-0.4, -0.2) is 60.5 Å². The van der Waals surface area contributed by atoms with Crippen LogP contribution in [0.5, 0.6) is 0 Å². The van der Waals surface area contributed by atoms with Gasteiger partial charge in [-0.15, -0.1) is 0 Å². The quantitative estimate of drug-likeness (QED) is 0.747. The number of carbonyl (C=O) groups is 2. The summed E-state index contributed by atoms with van der Waals surface area (Å²) in [6, 6.07) is 0. The van der Waals surface area contributed by atoms with E-state index in [9.17, 15) is 9.59 Å². The molecule has 2 heterocycles. The van der Waals surface area contributed by atoms with Gasteiger partial charge in [0, 0.05) is 26.2 Å². The zero-order chi connectivity index (χ0) is 13.8. The molecule has 0 bridgehead atoms. The molecule has 0 aliphatic carbocycles. The summed E-state index contributed by atoms with van der Waals surface area (Å²) in [6.07, 6.45) is 2.65. The summed E-state index contributed by atoms with van der Waals surface area (Å²) >= 11 is 0. The summed E-state index contributed by atoms with van der Waals surface area (Å²) in [5.41, 5.74) is 0. The Morgan fingerprint density at radius 2 is 2.16 bits per heavy atom. The van der Waals surface area contributed by atoms with Crippen LogP contribution in [0.25, 0.3) is 0 Å². The van der Waals surface area contributed by atoms with Crippen molar-refractivity contribution in [2.45, 2.75) is 39.2 Å². The highest BCUT2D eigenvalue weighted by atomic mass is 16.5. The third-order valence-electron chi connectivity index (χ3n) is 4.15. The molecule has 19 heavy (non-hydrogen) atoms. The summed E-state index contributed by atoms with van der Waals surface area (Å²) in [4.78, 5) is 28.1. The lowest BCUT2D eigenvalue weighted by Crippen LogP contribution is -2.45. The van der Waals surface area contributed by atoms with Crippen LogP contribution in [-0.2, 0) is 14.3 Å². The van der Waals surface area contributed by atoms with E-state index in [1.54, 1.807) is 4.90 Å². The maximum atomic E-state index is 12.5. The summed E-state index contributed by atoms with van der Waals surface area (Å²) in [5.74, 6) is 0.0889. The number of hydrogen-bond acceptors (Lipinski definition) is 3. The van der Waals surface area contributed by atoms with Gasteiger partial charge in [-0.25, -0.2) is 0 Å². The van der Waals surface area contributed by atoms with Gasteiger partial charge in [-0.2, -0.15) is 0 Å². The van der Waals surface area contributed by atoms with Crippen LogP contribution in [0.4, 0.5) is 0 Å². The Bertz CT molecular complexity index is 346. The first-order valence-corrected chi connectivity index (χ1v) is 7.31. The van der Waals surface area contributed by atoms with E-state index in [0.717, 1.165) is 39.0 Å². The number of amides is 2. The first-order chi connectivity index (χ1) is 9.13. The minimum atomic E-state index is -0.0743. The zero-order valence-corrected chi connectivity index (χ0v) is 11.9. The van der Waals surface area contributed by atoms with Gasteiger partial charge in [-0.05, 0) is 33.1 Å². The van der Waals surface area contributed by atoms with E-state index in [-0.39, 0.29) is 30.4 Å².